The van der Waals surface area contributed by atoms with Crippen LogP contribution >= 0.6 is 11.6 Å². The van der Waals surface area contributed by atoms with E-state index >= 15 is 0 Å². The molecule has 1 saturated carbocycles. The highest BCUT2D eigenvalue weighted by molar-refractivity contribution is 6.33. The molecule has 0 aliphatic heterocycles. The van der Waals surface area contributed by atoms with Crippen molar-refractivity contribution in [3.8, 4) is 0 Å². The molecule has 1 fully saturated rings. The molecule has 4 heteroatoms. The molecule has 3 rings (SSSR count). The molecular weight excluding hydrogens is 246 g/mol. The molecule has 1 N–H and O–H groups in total. The van der Waals surface area contributed by atoms with Crippen molar-refractivity contribution in [3.05, 3.63) is 47.0 Å². The van der Waals surface area contributed by atoms with Gasteiger partial charge in [0.05, 0.1) is 29.3 Å². The molecule has 0 atom stereocenters. The minimum atomic E-state index is 0.664. The van der Waals surface area contributed by atoms with Gasteiger partial charge in [-0.3, -0.25) is 0 Å². The first kappa shape index (κ1) is 11.6. The van der Waals surface area contributed by atoms with E-state index in [9.17, 15) is 0 Å². The number of nitrogens with one attached hydrogen (secondary N) is 1. The highest BCUT2D eigenvalue weighted by Gasteiger charge is 2.24. The van der Waals surface area contributed by atoms with Crippen LogP contribution in [-0.4, -0.2) is 9.55 Å². The molecule has 18 heavy (non-hydrogen) atoms. The SMILES string of the molecule is Cc1ccc(Cl)c(NCc2cncn2C2CC2)c1. The van der Waals surface area contributed by atoms with E-state index in [4.69, 9.17) is 11.6 Å². The van der Waals surface area contributed by atoms with E-state index in [1.807, 2.05) is 24.7 Å². The largest absolute Gasteiger partial charge is 0.378 e. The van der Waals surface area contributed by atoms with E-state index in [1.54, 1.807) is 0 Å². The van der Waals surface area contributed by atoms with Gasteiger partial charge in [-0.25, -0.2) is 4.98 Å². The van der Waals surface area contributed by atoms with Gasteiger partial charge < -0.3 is 9.88 Å². The van der Waals surface area contributed by atoms with Gasteiger partial charge in [-0.1, -0.05) is 17.7 Å². The van der Waals surface area contributed by atoms with Crippen molar-refractivity contribution in [2.45, 2.75) is 32.4 Å². The van der Waals surface area contributed by atoms with Gasteiger partial charge in [-0.2, -0.15) is 0 Å². The second kappa shape index (κ2) is 4.65. The number of hydrogen-bond acceptors (Lipinski definition) is 2. The number of aryl methyl sites for hydroxylation is 1. The second-order valence-corrected chi connectivity index (χ2v) is 5.27. The van der Waals surface area contributed by atoms with Crippen LogP contribution in [0.15, 0.2) is 30.7 Å². The predicted octanol–water partition coefficient (Wildman–Crippen LogP) is 3.79. The Morgan fingerprint density at radius 2 is 2.28 bits per heavy atom. The van der Waals surface area contributed by atoms with Crippen LogP contribution in [0.2, 0.25) is 5.02 Å². The van der Waals surface area contributed by atoms with Crippen molar-refractivity contribution >= 4 is 17.3 Å². The Labute approximate surface area is 112 Å². The van der Waals surface area contributed by atoms with Crippen molar-refractivity contribution in [1.82, 2.24) is 9.55 Å². The first-order valence-corrected chi connectivity index (χ1v) is 6.62. The molecule has 1 aromatic carbocycles. The molecule has 1 aliphatic rings. The highest BCUT2D eigenvalue weighted by atomic mass is 35.5. The molecule has 0 bridgehead atoms. The normalized spacial score (nSPS) is 14.8. The molecule has 0 unspecified atom stereocenters. The lowest BCUT2D eigenvalue weighted by molar-refractivity contribution is 0.701. The van der Waals surface area contributed by atoms with Crippen molar-refractivity contribution in [3.63, 3.8) is 0 Å². The topological polar surface area (TPSA) is 29.9 Å². The molecule has 0 radical (unpaired) electrons. The maximum absolute atomic E-state index is 6.17. The summed E-state index contributed by atoms with van der Waals surface area (Å²) in [6.07, 6.45) is 6.39. The Morgan fingerprint density at radius 1 is 1.44 bits per heavy atom. The Balaban J connectivity index is 1.73. The van der Waals surface area contributed by atoms with Gasteiger partial charge in [-0.05, 0) is 37.5 Å². The van der Waals surface area contributed by atoms with E-state index in [0.29, 0.717) is 6.04 Å². The summed E-state index contributed by atoms with van der Waals surface area (Å²) >= 11 is 6.17. The van der Waals surface area contributed by atoms with Crippen LogP contribution in [0.4, 0.5) is 5.69 Å². The number of nitrogens with zero attached hydrogens (tertiary/aromatic N) is 2. The smallest absolute Gasteiger partial charge is 0.0951 e. The van der Waals surface area contributed by atoms with E-state index in [1.165, 1.54) is 24.1 Å². The van der Waals surface area contributed by atoms with Gasteiger partial charge in [0, 0.05) is 12.2 Å². The van der Waals surface area contributed by atoms with Gasteiger partial charge in [0.15, 0.2) is 0 Å². The van der Waals surface area contributed by atoms with Crippen molar-refractivity contribution < 1.29 is 0 Å². The summed E-state index contributed by atoms with van der Waals surface area (Å²) in [6.45, 7) is 2.83. The third kappa shape index (κ3) is 2.36. The number of hydrogen-bond donors (Lipinski definition) is 1. The van der Waals surface area contributed by atoms with E-state index in [0.717, 1.165) is 17.3 Å². The van der Waals surface area contributed by atoms with Gasteiger partial charge in [-0.15, -0.1) is 0 Å². The van der Waals surface area contributed by atoms with Gasteiger partial charge in [0.1, 0.15) is 0 Å². The van der Waals surface area contributed by atoms with E-state index in [2.05, 4.69) is 27.9 Å². The Hall–Kier alpha value is -1.48. The van der Waals surface area contributed by atoms with E-state index < -0.39 is 0 Å². The summed E-state index contributed by atoms with van der Waals surface area (Å²) in [5.74, 6) is 0. The van der Waals surface area contributed by atoms with Crippen LogP contribution in [-0.2, 0) is 6.54 Å². The number of aromatic nitrogens is 2. The van der Waals surface area contributed by atoms with E-state index in [-0.39, 0.29) is 0 Å². The standard InChI is InChI=1S/C14H16ClN3/c1-10-2-5-13(15)14(6-10)17-8-12-7-16-9-18(12)11-3-4-11/h2,5-7,9,11,17H,3-4,8H2,1H3. The molecule has 1 heterocycles. The Morgan fingerprint density at radius 3 is 3.06 bits per heavy atom. The number of rotatable bonds is 4. The number of anilines is 1. The fraction of sp³-hybridized carbons (Fsp3) is 0.357. The molecule has 1 aliphatic carbocycles. The molecule has 2 aromatic rings. The zero-order valence-electron chi connectivity index (χ0n) is 10.4. The molecule has 0 saturated heterocycles. The lowest BCUT2D eigenvalue weighted by Crippen LogP contribution is -2.06. The first-order chi connectivity index (χ1) is 8.74. The average molecular weight is 262 g/mol. The number of imidazole rings is 1. The highest BCUT2D eigenvalue weighted by Crippen LogP contribution is 2.35. The summed E-state index contributed by atoms with van der Waals surface area (Å²) < 4.78 is 2.26. The fourth-order valence-corrected chi connectivity index (χ4v) is 2.30. The zero-order chi connectivity index (χ0) is 12.5. The summed E-state index contributed by atoms with van der Waals surface area (Å²) in [6, 6.07) is 6.68. The van der Waals surface area contributed by atoms with Gasteiger partial charge >= 0.3 is 0 Å². The summed E-state index contributed by atoms with van der Waals surface area (Å²) in [5.41, 5.74) is 3.41. The van der Waals surface area contributed by atoms with Crippen LogP contribution in [0.25, 0.3) is 0 Å². The number of benzene rings is 1. The fourth-order valence-electron chi connectivity index (χ4n) is 2.11. The quantitative estimate of drug-likeness (QED) is 0.907. The molecule has 94 valence electrons. The Kier molecular flexibility index (Phi) is 3.00. The zero-order valence-corrected chi connectivity index (χ0v) is 11.1. The summed E-state index contributed by atoms with van der Waals surface area (Å²) in [4.78, 5) is 4.23. The molecule has 0 spiro atoms. The first-order valence-electron chi connectivity index (χ1n) is 6.25. The van der Waals surface area contributed by atoms with Crippen LogP contribution in [0, 0.1) is 6.92 Å². The third-order valence-electron chi connectivity index (χ3n) is 3.27. The molecule has 1 aromatic heterocycles. The monoisotopic (exact) mass is 261 g/mol. The molecular formula is C14H16ClN3. The minimum Gasteiger partial charge on any atom is -0.378 e. The van der Waals surface area contributed by atoms with Crippen LogP contribution in [0.1, 0.15) is 30.1 Å². The summed E-state index contributed by atoms with van der Waals surface area (Å²) in [5, 5.41) is 4.15. The average Bonchev–Trinajstić information content (AvgIpc) is 3.10. The maximum Gasteiger partial charge on any atom is 0.0951 e. The summed E-state index contributed by atoms with van der Waals surface area (Å²) in [7, 11) is 0. The lowest BCUT2D eigenvalue weighted by atomic mass is 10.2. The lowest BCUT2D eigenvalue weighted by Gasteiger charge is -2.11. The predicted molar refractivity (Wildman–Crippen MR) is 74.0 cm³/mol. The maximum atomic E-state index is 6.17. The Bertz CT molecular complexity index is 558. The van der Waals surface area contributed by atoms with Gasteiger partial charge in [0.25, 0.3) is 0 Å². The molecule has 3 nitrogen and oxygen atoms in total. The van der Waals surface area contributed by atoms with Crippen LogP contribution < -0.4 is 5.32 Å². The molecule has 0 amide bonds. The van der Waals surface area contributed by atoms with Gasteiger partial charge in [0.2, 0.25) is 0 Å². The number of halogens is 1. The van der Waals surface area contributed by atoms with Crippen molar-refractivity contribution in [1.29, 1.82) is 0 Å². The van der Waals surface area contributed by atoms with Crippen molar-refractivity contribution in [2.75, 3.05) is 5.32 Å². The minimum absolute atomic E-state index is 0.664. The third-order valence-corrected chi connectivity index (χ3v) is 3.60. The van der Waals surface area contributed by atoms with Crippen LogP contribution in [0.3, 0.4) is 0 Å². The second-order valence-electron chi connectivity index (χ2n) is 4.86. The van der Waals surface area contributed by atoms with Crippen LogP contribution in [0.5, 0.6) is 0 Å². The van der Waals surface area contributed by atoms with Crippen molar-refractivity contribution in [2.24, 2.45) is 0 Å².